The van der Waals surface area contributed by atoms with E-state index in [0.717, 1.165) is 48.7 Å². The van der Waals surface area contributed by atoms with Gasteiger partial charge in [0.15, 0.2) is 0 Å². The van der Waals surface area contributed by atoms with Crippen LogP contribution in [0.15, 0.2) is 48.5 Å². The summed E-state index contributed by atoms with van der Waals surface area (Å²) >= 11 is 6.36. The van der Waals surface area contributed by atoms with E-state index in [1.54, 1.807) is 31.2 Å². The second-order valence-corrected chi connectivity index (χ2v) is 11.4. The third-order valence-corrected chi connectivity index (χ3v) is 7.92. The number of anilines is 1. The van der Waals surface area contributed by atoms with E-state index in [-0.39, 0.29) is 24.2 Å². The zero-order chi connectivity index (χ0) is 26.3. The molecule has 196 valence electrons. The predicted molar refractivity (Wildman–Crippen MR) is 140 cm³/mol. The van der Waals surface area contributed by atoms with E-state index >= 15 is 0 Å². The Kier molecular flexibility index (Phi) is 9.73. The van der Waals surface area contributed by atoms with Crippen LogP contribution in [-0.4, -0.2) is 50.0 Å². The highest BCUT2D eigenvalue weighted by Gasteiger charge is 2.33. The molecule has 0 aliphatic heterocycles. The van der Waals surface area contributed by atoms with E-state index in [1.807, 2.05) is 0 Å². The highest BCUT2D eigenvalue weighted by atomic mass is 35.5. The van der Waals surface area contributed by atoms with Gasteiger partial charge >= 0.3 is 0 Å². The quantitative estimate of drug-likeness (QED) is 0.483. The number of hydrogen-bond acceptors (Lipinski definition) is 4. The summed E-state index contributed by atoms with van der Waals surface area (Å²) in [6, 6.07) is 11.3. The largest absolute Gasteiger partial charge is 0.352 e. The third kappa shape index (κ3) is 7.43. The van der Waals surface area contributed by atoms with Crippen LogP contribution in [0.4, 0.5) is 10.1 Å². The van der Waals surface area contributed by atoms with Gasteiger partial charge in [0, 0.05) is 17.6 Å². The molecule has 2 amide bonds. The van der Waals surface area contributed by atoms with E-state index in [4.69, 9.17) is 11.6 Å². The minimum absolute atomic E-state index is 0.0237. The number of carbonyl (C=O) groups is 2. The highest BCUT2D eigenvalue weighted by Crippen LogP contribution is 2.23. The summed E-state index contributed by atoms with van der Waals surface area (Å²) in [4.78, 5) is 28.4. The third-order valence-electron chi connectivity index (χ3n) is 6.41. The van der Waals surface area contributed by atoms with Crippen molar-refractivity contribution in [2.75, 3.05) is 17.1 Å². The zero-order valence-electron chi connectivity index (χ0n) is 20.6. The van der Waals surface area contributed by atoms with Crippen LogP contribution in [-0.2, 0) is 26.2 Å². The van der Waals surface area contributed by atoms with E-state index in [1.165, 1.54) is 23.1 Å². The molecule has 1 aliphatic rings. The Labute approximate surface area is 217 Å². The Bertz CT molecular complexity index is 1170. The minimum atomic E-state index is -3.93. The lowest BCUT2D eigenvalue weighted by Crippen LogP contribution is -2.54. The fourth-order valence-corrected chi connectivity index (χ4v) is 5.56. The number of nitrogens with one attached hydrogen (secondary N) is 1. The topological polar surface area (TPSA) is 86.8 Å². The van der Waals surface area contributed by atoms with E-state index in [9.17, 15) is 22.4 Å². The lowest BCUT2D eigenvalue weighted by molar-refractivity contribution is -0.140. The second-order valence-electron chi connectivity index (χ2n) is 9.13. The van der Waals surface area contributed by atoms with Crippen molar-refractivity contribution in [3.8, 4) is 0 Å². The van der Waals surface area contributed by atoms with Gasteiger partial charge < -0.3 is 10.2 Å². The van der Waals surface area contributed by atoms with Gasteiger partial charge in [-0.3, -0.25) is 13.9 Å². The Balaban J connectivity index is 1.92. The maximum absolute atomic E-state index is 13.9. The molecular weight excluding hydrogens is 505 g/mol. The number of rotatable bonds is 10. The number of carbonyl (C=O) groups excluding carboxylic acids is 2. The molecule has 7 nitrogen and oxygen atoms in total. The van der Waals surface area contributed by atoms with E-state index in [2.05, 4.69) is 5.32 Å². The molecule has 1 atom stereocenters. The van der Waals surface area contributed by atoms with Crippen molar-refractivity contribution in [1.29, 1.82) is 0 Å². The smallest absolute Gasteiger partial charge is 0.244 e. The van der Waals surface area contributed by atoms with Crippen LogP contribution >= 0.6 is 11.6 Å². The molecule has 0 heterocycles. The van der Waals surface area contributed by atoms with Gasteiger partial charge in [0.2, 0.25) is 21.8 Å². The molecule has 1 aliphatic carbocycles. The number of nitrogens with zero attached hydrogens (tertiary/aromatic N) is 2. The molecule has 0 bridgehead atoms. The maximum Gasteiger partial charge on any atom is 0.244 e. The molecule has 2 aromatic carbocycles. The van der Waals surface area contributed by atoms with Crippen molar-refractivity contribution in [3.63, 3.8) is 0 Å². The lowest BCUT2D eigenvalue weighted by Gasteiger charge is -2.34. The zero-order valence-corrected chi connectivity index (χ0v) is 22.2. The molecule has 36 heavy (non-hydrogen) atoms. The molecule has 3 rings (SSSR count). The lowest BCUT2D eigenvalue weighted by atomic mass is 9.95. The summed E-state index contributed by atoms with van der Waals surface area (Å²) in [6.45, 7) is 1.24. The molecule has 1 unspecified atom stereocenters. The first-order valence-corrected chi connectivity index (χ1v) is 14.4. The number of benzene rings is 2. The van der Waals surface area contributed by atoms with Gasteiger partial charge in [-0.2, -0.15) is 0 Å². The summed E-state index contributed by atoms with van der Waals surface area (Å²) < 4.78 is 39.9. The SMILES string of the molecule is CCC(C(=O)NC1CCCCC1)N(Cc1ccccc1Cl)C(=O)CN(c1cccc(F)c1)S(C)(=O)=O. The Morgan fingerprint density at radius 3 is 2.42 bits per heavy atom. The Morgan fingerprint density at radius 1 is 1.11 bits per heavy atom. The number of halogens is 2. The highest BCUT2D eigenvalue weighted by molar-refractivity contribution is 7.92. The van der Waals surface area contributed by atoms with Crippen LogP contribution in [0, 0.1) is 5.82 Å². The number of sulfonamides is 1. The molecule has 1 N–H and O–H groups in total. The molecule has 0 spiro atoms. The van der Waals surface area contributed by atoms with Crippen LogP contribution in [0.3, 0.4) is 0 Å². The average Bonchev–Trinajstić information content (AvgIpc) is 2.83. The fraction of sp³-hybridized carbons (Fsp3) is 0.462. The Hall–Kier alpha value is -2.65. The van der Waals surface area contributed by atoms with Gasteiger partial charge in [-0.05, 0) is 49.1 Å². The fourth-order valence-electron chi connectivity index (χ4n) is 4.52. The first kappa shape index (κ1) is 27.9. The first-order chi connectivity index (χ1) is 17.1. The van der Waals surface area contributed by atoms with Crippen LogP contribution in [0.25, 0.3) is 0 Å². The van der Waals surface area contributed by atoms with Crippen molar-refractivity contribution in [2.45, 2.75) is 64.1 Å². The van der Waals surface area contributed by atoms with Crippen LogP contribution in [0.1, 0.15) is 51.0 Å². The maximum atomic E-state index is 13.9. The minimum Gasteiger partial charge on any atom is -0.352 e. The van der Waals surface area contributed by atoms with Gasteiger partial charge in [-0.1, -0.05) is 62.1 Å². The van der Waals surface area contributed by atoms with Crippen LogP contribution in [0.5, 0.6) is 0 Å². The van der Waals surface area contributed by atoms with E-state index in [0.29, 0.717) is 17.0 Å². The molecule has 0 aromatic heterocycles. The van der Waals surface area contributed by atoms with Crippen molar-refractivity contribution in [1.82, 2.24) is 10.2 Å². The number of amides is 2. The normalized spacial score (nSPS) is 15.2. The van der Waals surface area contributed by atoms with Gasteiger partial charge in [0.1, 0.15) is 18.4 Å². The van der Waals surface area contributed by atoms with Crippen molar-refractivity contribution >= 4 is 39.1 Å². The van der Waals surface area contributed by atoms with E-state index < -0.39 is 34.3 Å². The molecule has 0 radical (unpaired) electrons. The summed E-state index contributed by atoms with van der Waals surface area (Å²) in [5.74, 6) is -1.49. The summed E-state index contributed by atoms with van der Waals surface area (Å²) in [6.07, 6.45) is 6.29. The predicted octanol–water partition coefficient (Wildman–Crippen LogP) is 4.50. The molecular formula is C26H33ClFN3O4S. The summed E-state index contributed by atoms with van der Waals surface area (Å²) in [5.41, 5.74) is 0.663. The monoisotopic (exact) mass is 537 g/mol. The van der Waals surface area contributed by atoms with Crippen molar-refractivity contribution in [2.24, 2.45) is 0 Å². The molecule has 10 heteroatoms. The van der Waals surface area contributed by atoms with Crippen LogP contribution in [0.2, 0.25) is 5.02 Å². The summed E-state index contributed by atoms with van der Waals surface area (Å²) in [7, 11) is -3.93. The molecule has 1 saturated carbocycles. The van der Waals surface area contributed by atoms with Gasteiger partial charge in [0.25, 0.3) is 0 Å². The van der Waals surface area contributed by atoms with Crippen LogP contribution < -0.4 is 9.62 Å². The summed E-state index contributed by atoms with van der Waals surface area (Å²) in [5, 5.41) is 3.51. The number of hydrogen-bond donors (Lipinski definition) is 1. The van der Waals surface area contributed by atoms with Crippen molar-refractivity contribution < 1.29 is 22.4 Å². The first-order valence-electron chi connectivity index (χ1n) is 12.2. The second kappa shape index (κ2) is 12.5. The molecule has 1 fully saturated rings. The molecule has 2 aromatic rings. The van der Waals surface area contributed by atoms with Gasteiger partial charge in [-0.15, -0.1) is 0 Å². The average molecular weight is 538 g/mol. The van der Waals surface area contributed by atoms with Gasteiger partial charge in [-0.25, -0.2) is 12.8 Å². The van der Waals surface area contributed by atoms with Crippen molar-refractivity contribution in [3.05, 3.63) is 64.9 Å². The van der Waals surface area contributed by atoms with Gasteiger partial charge in [0.05, 0.1) is 11.9 Å². The standard InChI is InChI=1S/C26H33ClFN3O4S/c1-3-24(26(33)29-21-12-5-4-6-13-21)30(17-19-10-7-8-15-23(19)27)25(32)18-31(36(2,34)35)22-14-9-11-20(28)16-22/h7-11,14-16,21,24H,3-6,12-13,17-18H2,1-2H3,(H,29,33). The molecule has 0 saturated heterocycles. The Morgan fingerprint density at radius 2 is 1.81 bits per heavy atom.